The van der Waals surface area contributed by atoms with E-state index in [9.17, 15) is 4.79 Å². The van der Waals surface area contributed by atoms with Gasteiger partial charge in [0.1, 0.15) is 17.2 Å². The average Bonchev–Trinajstić information content (AvgIpc) is 3.23. The van der Waals surface area contributed by atoms with Crippen molar-refractivity contribution >= 4 is 17.1 Å². The van der Waals surface area contributed by atoms with Crippen LogP contribution in [0.1, 0.15) is 62.4 Å². The van der Waals surface area contributed by atoms with Crippen molar-refractivity contribution in [3.05, 3.63) is 35.0 Å². The van der Waals surface area contributed by atoms with Crippen molar-refractivity contribution in [2.75, 3.05) is 0 Å². The Hall–Kier alpha value is -2.63. The largest absolute Gasteiger partial charge is 0.443 e. The van der Waals surface area contributed by atoms with Crippen molar-refractivity contribution in [1.29, 1.82) is 0 Å². The number of carbonyl (C=O) groups is 1. The maximum atomic E-state index is 13.0. The fourth-order valence-electron chi connectivity index (χ4n) is 3.52. The number of hydrogen-bond acceptors (Lipinski definition) is 5. The van der Waals surface area contributed by atoms with Crippen molar-refractivity contribution in [2.45, 2.75) is 65.9 Å². The van der Waals surface area contributed by atoms with Gasteiger partial charge in [0.25, 0.3) is 0 Å². The third kappa shape index (κ3) is 3.13. The third-order valence-electron chi connectivity index (χ3n) is 4.82. The van der Waals surface area contributed by atoms with Crippen LogP contribution in [0.3, 0.4) is 0 Å². The lowest BCUT2D eigenvalue weighted by molar-refractivity contribution is 0.0539. The molecule has 4 rings (SSSR count). The summed E-state index contributed by atoms with van der Waals surface area (Å²) < 4.78 is 12.7. The summed E-state index contributed by atoms with van der Waals surface area (Å²) in [5, 5.41) is 4.06. The van der Waals surface area contributed by atoms with Crippen molar-refractivity contribution in [3.8, 4) is 11.1 Å². The Bertz CT molecular complexity index is 1030. The van der Waals surface area contributed by atoms with Crippen LogP contribution in [-0.2, 0) is 4.74 Å². The quantitative estimate of drug-likeness (QED) is 0.616. The fourth-order valence-corrected chi connectivity index (χ4v) is 3.52. The highest BCUT2D eigenvalue weighted by Gasteiger charge is 2.33. The van der Waals surface area contributed by atoms with Gasteiger partial charge in [0, 0.05) is 11.5 Å². The van der Waals surface area contributed by atoms with E-state index in [1.54, 1.807) is 4.57 Å². The Labute approximate surface area is 158 Å². The highest BCUT2D eigenvalue weighted by Crippen LogP contribution is 2.42. The van der Waals surface area contributed by atoms with Crippen LogP contribution in [0, 0.1) is 20.8 Å². The van der Waals surface area contributed by atoms with Gasteiger partial charge in [-0.15, -0.1) is 0 Å². The number of imidazole rings is 1. The molecule has 0 aliphatic heterocycles. The van der Waals surface area contributed by atoms with Crippen LogP contribution in [-0.4, -0.2) is 26.4 Å². The minimum absolute atomic E-state index is 0.326. The Kier molecular flexibility index (Phi) is 3.91. The molecule has 6 heteroatoms. The first-order valence-corrected chi connectivity index (χ1v) is 9.35. The lowest BCUT2D eigenvalue weighted by Crippen LogP contribution is -2.28. The zero-order chi connectivity index (χ0) is 19.5. The van der Waals surface area contributed by atoms with Gasteiger partial charge in [-0.25, -0.2) is 14.3 Å². The number of hydrogen-bond donors (Lipinski definition) is 0. The highest BCUT2D eigenvalue weighted by atomic mass is 16.6. The standard InChI is InChI=1S/C21H25N3O3/c1-11-9-15(17-12(2)23-27-13(17)3)10-16-18(11)22-19(14-7-8-14)24(16)20(25)26-21(4,5)6/h9-10,14H,7-8H2,1-6H3. The van der Waals surface area contributed by atoms with Crippen molar-refractivity contribution in [3.63, 3.8) is 0 Å². The number of aromatic nitrogens is 3. The van der Waals surface area contributed by atoms with E-state index in [2.05, 4.69) is 11.2 Å². The molecule has 3 aromatic rings. The normalized spacial score (nSPS) is 14.7. The van der Waals surface area contributed by atoms with Gasteiger partial charge < -0.3 is 9.26 Å². The minimum atomic E-state index is -0.567. The summed E-state index contributed by atoms with van der Waals surface area (Å²) in [6.07, 6.45) is 1.74. The van der Waals surface area contributed by atoms with Crippen LogP contribution in [0.5, 0.6) is 0 Å². The second kappa shape index (κ2) is 5.94. The van der Waals surface area contributed by atoms with Gasteiger partial charge in [0.2, 0.25) is 0 Å². The first-order chi connectivity index (χ1) is 12.7. The molecule has 0 radical (unpaired) electrons. The molecule has 1 aliphatic rings. The number of aryl methyl sites for hydroxylation is 3. The summed E-state index contributed by atoms with van der Waals surface area (Å²) >= 11 is 0. The van der Waals surface area contributed by atoms with Gasteiger partial charge in [-0.2, -0.15) is 0 Å². The maximum Gasteiger partial charge on any atom is 0.420 e. The summed E-state index contributed by atoms with van der Waals surface area (Å²) in [6, 6.07) is 4.08. The number of fused-ring (bicyclic) bond motifs is 1. The second-order valence-corrected chi connectivity index (χ2v) is 8.42. The molecule has 142 valence electrons. The monoisotopic (exact) mass is 367 g/mol. The van der Waals surface area contributed by atoms with Crippen LogP contribution in [0.2, 0.25) is 0 Å². The lowest BCUT2D eigenvalue weighted by Gasteiger charge is -2.20. The van der Waals surface area contributed by atoms with Gasteiger partial charge in [-0.3, -0.25) is 0 Å². The molecule has 1 fully saturated rings. The second-order valence-electron chi connectivity index (χ2n) is 8.42. The molecule has 2 aromatic heterocycles. The first kappa shape index (κ1) is 17.8. The van der Waals surface area contributed by atoms with E-state index in [0.717, 1.165) is 57.8 Å². The number of benzene rings is 1. The van der Waals surface area contributed by atoms with Crippen LogP contribution >= 0.6 is 0 Å². The molecule has 27 heavy (non-hydrogen) atoms. The van der Waals surface area contributed by atoms with Crippen LogP contribution in [0.4, 0.5) is 4.79 Å². The number of carbonyl (C=O) groups excluding carboxylic acids is 1. The van der Waals surface area contributed by atoms with Gasteiger partial charge in [0.15, 0.2) is 0 Å². The van der Waals surface area contributed by atoms with E-state index in [1.165, 1.54) is 0 Å². The molecule has 0 unspecified atom stereocenters. The zero-order valence-electron chi connectivity index (χ0n) is 16.7. The number of ether oxygens (including phenoxy) is 1. The van der Waals surface area contributed by atoms with Crippen molar-refractivity contribution in [1.82, 2.24) is 14.7 Å². The fraction of sp³-hybridized carbons (Fsp3) is 0.476. The lowest BCUT2D eigenvalue weighted by atomic mass is 10.0. The van der Waals surface area contributed by atoms with Gasteiger partial charge in [-0.05, 0) is 77.6 Å². The Balaban J connectivity index is 1.95. The molecule has 0 bridgehead atoms. The summed E-state index contributed by atoms with van der Waals surface area (Å²) in [7, 11) is 0. The van der Waals surface area contributed by atoms with Crippen LogP contribution in [0.15, 0.2) is 16.7 Å². The van der Waals surface area contributed by atoms with Crippen molar-refractivity contribution in [2.24, 2.45) is 0 Å². The number of rotatable bonds is 2. The molecule has 0 saturated heterocycles. The smallest absolute Gasteiger partial charge is 0.420 e. The average molecular weight is 367 g/mol. The van der Waals surface area contributed by atoms with E-state index >= 15 is 0 Å². The predicted octanol–water partition coefficient (Wildman–Crippen LogP) is 5.28. The molecule has 0 N–H and O–H groups in total. The summed E-state index contributed by atoms with van der Waals surface area (Å²) in [4.78, 5) is 17.8. The highest BCUT2D eigenvalue weighted by molar-refractivity contribution is 5.93. The van der Waals surface area contributed by atoms with Crippen LogP contribution < -0.4 is 0 Å². The molecule has 1 saturated carbocycles. The molecule has 1 aromatic carbocycles. The van der Waals surface area contributed by atoms with Gasteiger partial charge in [0.05, 0.1) is 16.7 Å². The molecule has 2 heterocycles. The molecule has 6 nitrogen and oxygen atoms in total. The third-order valence-corrected chi connectivity index (χ3v) is 4.82. The minimum Gasteiger partial charge on any atom is -0.443 e. The summed E-state index contributed by atoms with van der Waals surface area (Å²) in [6.45, 7) is 11.5. The topological polar surface area (TPSA) is 70.2 Å². The van der Waals surface area contributed by atoms with E-state index in [1.807, 2.05) is 47.6 Å². The molecular weight excluding hydrogens is 342 g/mol. The Morgan fingerprint density at radius 2 is 1.93 bits per heavy atom. The first-order valence-electron chi connectivity index (χ1n) is 9.35. The van der Waals surface area contributed by atoms with E-state index < -0.39 is 5.60 Å². The zero-order valence-corrected chi connectivity index (χ0v) is 16.7. The SMILES string of the molecule is Cc1noc(C)c1-c1cc(C)c2nc(C3CC3)n(C(=O)OC(C)(C)C)c2c1. The van der Waals surface area contributed by atoms with E-state index in [4.69, 9.17) is 14.2 Å². The van der Waals surface area contributed by atoms with Crippen molar-refractivity contribution < 1.29 is 14.1 Å². The van der Waals surface area contributed by atoms with Gasteiger partial charge >= 0.3 is 6.09 Å². The molecule has 0 atom stereocenters. The van der Waals surface area contributed by atoms with E-state index in [-0.39, 0.29) is 6.09 Å². The Morgan fingerprint density at radius 3 is 2.48 bits per heavy atom. The molecule has 1 aliphatic carbocycles. The van der Waals surface area contributed by atoms with E-state index in [0.29, 0.717) is 5.92 Å². The molecular formula is C21H25N3O3. The summed E-state index contributed by atoms with van der Waals surface area (Å²) in [5.41, 5.74) is 4.85. The Morgan fingerprint density at radius 1 is 1.22 bits per heavy atom. The van der Waals surface area contributed by atoms with Gasteiger partial charge in [-0.1, -0.05) is 5.16 Å². The number of nitrogens with zero attached hydrogens (tertiary/aromatic N) is 3. The molecule has 0 spiro atoms. The summed E-state index contributed by atoms with van der Waals surface area (Å²) in [5.74, 6) is 1.89. The van der Waals surface area contributed by atoms with Crippen LogP contribution in [0.25, 0.3) is 22.2 Å². The predicted molar refractivity (Wildman–Crippen MR) is 103 cm³/mol. The maximum absolute atomic E-state index is 13.0. The molecule has 0 amide bonds.